The smallest absolute Gasteiger partial charge is 0.410 e. The molecule has 1 saturated heterocycles. The number of carbonyl (C=O) groups excluding carboxylic acids is 3. The third-order valence-electron chi connectivity index (χ3n) is 4.94. The first-order valence-corrected chi connectivity index (χ1v) is 11.0. The predicted molar refractivity (Wildman–Crippen MR) is 123 cm³/mol. The summed E-state index contributed by atoms with van der Waals surface area (Å²) in [6.07, 6.45) is 0.569. The number of hydrogen-bond acceptors (Lipinski definition) is 6. The van der Waals surface area contributed by atoms with Gasteiger partial charge in [0.15, 0.2) is 6.61 Å². The van der Waals surface area contributed by atoms with Crippen LogP contribution < -0.4 is 10.1 Å². The second kappa shape index (κ2) is 10.8. The van der Waals surface area contributed by atoms with Crippen LogP contribution in [0.4, 0.5) is 10.5 Å². The van der Waals surface area contributed by atoms with Crippen LogP contribution in [0.5, 0.6) is 11.5 Å². The number of piperidine rings is 1. The van der Waals surface area contributed by atoms with Gasteiger partial charge in [0.1, 0.15) is 17.1 Å². The standard InChI is InChI=1S/C25H30N2O6/c1-25(2,3)33-24(30)27-15-13-18(14-16-27)23(29)31-17-22(28)26-19-9-11-21(12-10-19)32-20-7-5-4-6-8-20/h4-12,18H,13-17H2,1-3H3,(H,26,28). The van der Waals surface area contributed by atoms with Gasteiger partial charge in [-0.1, -0.05) is 18.2 Å². The van der Waals surface area contributed by atoms with Crippen LogP contribution in [0, 0.1) is 5.92 Å². The van der Waals surface area contributed by atoms with Gasteiger partial charge in [0, 0.05) is 18.8 Å². The fraction of sp³-hybridized carbons (Fsp3) is 0.400. The van der Waals surface area contributed by atoms with Gasteiger partial charge in [-0.25, -0.2) is 4.79 Å². The minimum Gasteiger partial charge on any atom is -0.457 e. The highest BCUT2D eigenvalue weighted by Crippen LogP contribution is 2.23. The SMILES string of the molecule is CC(C)(C)OC(=O)N1CCC(C(=O)OCC(=O)Nc2ccc(Oc3ccccc3)cc2)CC1. The van der Waals surface area contributed by atoms with Crippen LogP contribution in [-0.2, 0) is 19.1 Å². The fourth-order valence-electron chi connectivity index (χ4n) is 3.31. The minimum atomic E-state index is -0.560. The van der Waals surface area contributed by atoms with E-state index < -0.39 is 17.5 Å². The zero-order valence-corrected chi connectivity index (χ0v) is 19.2. The van der Waals surface area contributed by atoms with Crippen molar-refractivity contribution in [3.8, 4) is 11.5 Å². The topological polar surface area (TPSA) is 94.2 Å². The zero-order valence-electron chi connectivity index (χ0n) is 19.2. The van der Waals surface area contributed by atoms with E-state index in [0.717, 1.165) is 5.75 Å². The molecule has 1 heterocycles. The molecule has 1 aliphatic heterocycles. The summed E-state index contributed by atoms with van der Waals surface area (Å²) in [7, 11) is 0. The van der Waals surface area contributed by atoms with Gasteiger partial charge in [0.05, 0.1) is 5.92 Å². The van der Waals surface area contributed by atoms with Crippen molar-refractivity contribution in [2.45, 2.75) is 39.2 Å². The van der Waals surface area contributed by atoms with Crippen molar-refractivity contribution in [3.05, 3.63) is 54.6 Å². The number of para-hydroxylation sites is 1. The number of likely N-dealkylation sites (tertiary alicyclic amines) is 1. The molecular weight excluding hydrogens is 424 g/mol. The van der Waals surface area contributed by atoms with Crippen molar-refractivity contribution in [1.82, 2.24) is 4.90 Å². The van der Waals surface area contributed by atoms with Gasteiger partial charge >= 0.3 is 12.1 Å². The molecule has 2 aromatic rings. The maximum absolute atomic E-state index is 12.3. The number of benzene rings is 2. The first-order chi connectivity index (χ1) is 15.7. The quantitative estimate of drug-likeness (QED) is 0.641. The lowest BCUT2D eigenvalue weighted by Crippen LogP contribution is -2.43. The summed E-state index contributed by atoms with van der Waals surface area (Å²) < 4.78 is 16.3. The Morgan fingerprint density at radius 3 is 2.15 bits per heavy atom. The molecule has 1 aliphatic rings. The van der Waals surface area contributed by atoms with Crippen molar-refractivity contribution < 1.29 is 28.6 Å². The van der Waals surface area contributed by atoms with Crippen molar-refractivity contribution in [2.75, 3.05) is 25.0 Å². The lowest BCUT2D eigenvalue weighted by atomic mass is 9.97. The Balaban J connectivity index is 1.38. The number of esters is 1. The van der Waals surface area contributed by atoms with Crippen molar-refractivity contribution in [2.24, 2.45) is 5.92 Å². The summed E-state index contributed by atoms with van der Waals surface area (Å²) in [4.78, 5) is 38.2. The van der Waals surface area contributed by atoms with Gasteiger partial charge in [0.2, 0.25) is 0 Å². The normalized spacial score (nSPS) is 14.3. The fourth-order valence-corrected chi connectivity index (χ4v) is 3.31. The lowest BCUT2D eigenvalue weighted by Gasteiger charge is -2.32. The second-order valence-corrected chi connectivity index (χ2v) is 8.84. The molecule has 176 valence electrons. The molecule has 33 heavy (non-hydrogen) atoms. The molecule has 0 spiro atoms. The Morgan fingerprint density at radius 2 is 1.55 bits per heavy atom. The van der Waals surface area contributed by atoms with Crippen LogP contribution in [0.2, 0.25) is 0 Å². The van der Waals surface area contributed by atoms with E-state index in [4.69, 9.17) is 14.2 Å². The summed E-state index contributed by atoms with van der Waals surface area (Å²) >= 11 is 0. The highest BCUT2D eigenvalue weighted by atomic mass is 16.6. The number of nitrogens with one attached hydrogen (secondary N) is 1. The molecule has 0 bridgehead atoms. The molecule has 0 radical (unpaired) electrons. The van der Waals surface area contributed by atoms with Crippen LogP contribution in [0.1, 0.15) is 33.6 Å². The van der Waals surface area contributed by atoms with E-state index in [1.54, 1.807) is 29.2 Å². The number of amides is 2. The Kier molecular flexibility index (Phi) is 7.92. The van der Waals surface area contributed by atoms with Crippen LogP contribution >= 0.6 is 0 Å². The summed E-state index contributed by atoms with van der Waals surface area (Å²) in [5.74, 6) is 0.166. The van der Waals surface area contributed by atoms with E-state index in [0.29, 0.717) is 37.4 Å². The maximum atomic E-state index is 12.3. The average Bonchev–Trinajstić information content (AvgIpc) is 2.78. The van der Waals surface area contributed by atoms with Gasteiger partial charge in [-0.05, 0) is 70.0 Å². The zero-order chi connectivity index (χ0) is 23.8. The van der Waals surface area contributed by atoms with E-state index in [2.05, 4.69) is 5.32 Å². The molecule has 8 nitrogen and oxygen atoms in total. The molecular formula is C25H30N2O6. The number of ether oxygens (including phenoxy) is 3. The largest absolute Gasteiger partial charge is 0.457 e. The highest BCUT2D eigenvalue weighted by Gasteiger charge is 2.30. The Bertz CT molecular complexity index is 945. The second-order valence-electron chi connectivity index (χ2n) is 8.84. The van der Waals surface area contributed by atoms with Crippen LogP contribution in [0.15, 0.2) is 54.6 Å². The average molecular weight is 455 g/mol. The molecule has 1 fully saturated rings. The van der Waals surface area contributed by atoms with Crippen LogP contribution in [0.25, 0.3) is 0 Å². The van der Waals surface area contributed by atoms with E-state index in [-0.39, 0.29) is 18.6 Å². The predicted octanol–water partition coefficient (Wildman–Crippen LogP) is 4.61. The molecule has 8 heteroatoms. The van der Waals surface area contributed by atoms with Gasteiger partial charge in [0.25, 0.3) is 5.91 Å². The van der Waals surface area contributed by atoms with Gasteiger partial charge in [-0.15, -0.1) is 0 Å². The number of carbonyl (C=O) groups is 3. The first-order valence-electron chi connectivity index (χ1n) is 11.0. The molecule has 0 atom stereocenters. The minimum absolute atomic E-state index is 0.342. The van der Waals surface area contributed by atoms with E-state index in [9.17, 15) is 14.4 Å². The third-order valence-corrected chi connectivity index (χ3v) is 4.94. The molecule has 0 saturated carbocycles. The molecule has 0 aliphatic carbocycles. The number of hydrogen-bond donors (Lipinski definition) is 1. The summed E-state index contributed by atoms with van der Waals surface area (Å²) in [5, 5.41) is 2.69. The molecule has 0 aromatic heterocycles. The molecule has 0 unspecified atom stereocenters. The lowest BCUT2D eigenvalue weighted by molar-refractivity contribution is -0.153. The summed E-state index contributed by atoms with van der Waals surface area (Å²) in [6, 6.07) is 16.3. The van der Waals surface area contributed by atoms with Crippen molar-refractivity contribution >= 4 is 23.7 Å². The Morgan fingerprint density at radius 1 is 0.939 bits per heavy atom. The van der Waals surface area contributed by atoms with E-state index in [1.165, 1.54) is 0 Å². The number of anilines is 1. The van der Waals surface area contributed by atoms with Crippen molar-refractivity contribution in [1.29, 1.82) is 0 Å². The summed E-state index contributed by atoms with van der Waals surface area (Å²) in [6.45, 7) is 5.90. The van der Waals surface area contributed by atoms with Crippen molar-refractivity contribution in [3.63, 3.8) is 0 Å². The van der Waals surface area contributed by atoms with Crippen LogP contribution in [0.3, 0.4) is 0 Å². The van der Waals surface area contributed by atoms with E-state index >= 15 is 0 Å². The van der Waals surface area contributed by atoms with Gasteiger partial charge in [-0.2, -0.15) is 0 Å². The number of nitrogens with zero attached hydrogens (tertiary/aromatic N) is 1. The third kappa shape index (κ3) is 7.82. The molecule has 3 rings (SSSR count). The molecule has 1 N–H and O–H groups in total. The highest BCUT2D eigenvalue weighted by molar-refractivity contribution is 5.93. The molecule has 2 aromatic carbocycles. The molecule has 2 amide bonds. The Labute approximate surface area is 193 Å². The maximum Gasteiger partial charge on any atom is 0.410 e. The van der Waals surface area contributed by atoms with Crippen LogP contribution in [-0.4, -0.2) is 48.2 Å². The Hall–Kier alpha value is -3.55. The monoisotopic (exact) mass is 454 g/mol. The first kappa shape index (κ1) is 24.1. The number of rotatable bonds is 6. The van der Waals surface area contributed by atoms with Gasteiger partial charge < -0.3 is 24.4 Å². The van der Waals surface area contributed by atoms with E-state index in [1.807, 2.05) is 51.1 Å². The summed E-state index contributed by atoms with van der Waals surface area (Å²) in [5.41, 5.74) is 0.0114. The van der Waals surface area contributed by atoms with Gasteiger partial charge in [-0.3, -0.25) is 9.59 Å².